The second-order valence-electron chi connectivity index (χ2n) is 4.60. The van der Waals surface area contributed by atoms with Gasteiger partial charge < -0.3 is 14.4 Å². The van der Waals surface area contributed by atoms with Crippen molar-refractivity contribution in [1.82, 2.24) is 0 Å². The first kappa shape index (κ1) is 26.2. The van der Waals surface area contributed by atoms with Crippen molar-refractivity contribution >= 4 is 35.3 Å². The number of rotatable bonds is 5. The van der Waals surface area contributed by atoms with Crippen molar-refractivity contribution in [2.24, 2.45) is 0 Å². The monoisotopic (exact) mass is 470 g/mol. The fourth-order valence-corrected chi connectivity index (χ4v) is 3.90. The maximum atomic E-state index is 13.6. The average Bonchev–Trinajstić information content (AvgIpc) is 2.45. The molecule has 0 unspecified atom stereocenters. The van der Waals surface area contributed by atoms with Gasteiger partial charge in [-0.15, -0.1) is 11.8 Å². The first-order chi connectivity index (χ1) is 10.6. The van der Waals surface area contributed by atoms with E-state index < -0.39 is 18.8 Å². The summed E-state index contributed by atoms with van der Waals surface area (Å²) >= 11 is 4.23. The van der Waals surface area contributed by atoms with Gasteiger partial charge in [0.2, 0.25) is 0 Å². The number of halogens is 4. The summed E-state index contributed by atoms with van der Waals surface area (Å²) in [4.78, 5) is 22.2. The number of hydrogen-bond donors (Lipinski definition) is 0. The molecule has 25 heavy (non-hydrogen) atoms. The van der Waals surface area contributed by atoms with E-state index in [9.17, 15) is 27.5 Å². The van der Waals surface area contributed by atoms with Crippen LogP contribution in [0.4, 0.5) is 13.2 Å². The molecule has 0 saturated heterocycles. The summed E-state index contributed by atoms with van der Waals surface area (Å²) in [5, 5.41) is 0. The van der Waals surface area contributed by atoms with Crippen LogP contribution in [-0.4, -0.2) is 0 Å². The summed E-state index contributed by atoms with van der Waals surface area (Å²) in [6.45, 7) is 0. The molecular formula is C14H9BrF3Na2O3PS. The van der Waals surface area contributed by atoms with Gasteiger partial charge >= 0.3 is 59.1 Å². The van der Waals surface area contributed by atoms with E-state index in [0.29, 0.717) is 11.3 Å². The standard InChI is InChI=1S/C14H11BrF3O3PS.2Na/c15-13-7-9(8-23-11-4-2-10(16)3-5-11)1-6-12(13)14(17,18)22(19,20)21;;/h1-7H,8H2,(H2,19,20,21);;/q;2*+1/p-2. The minimum atomic E-state index is -6.10. The minimum absolute atomic E-state index is 0. The molecule has 0 saturated carbocycles. The van der Waals surface area contributed by atoms with Crippen LogP contribution in [0.5, 0.6) is 0 Å². The second kappa shape index (κ2) is 10.7. The Morgan fingerprint density at radius 2 is 1.64 bits per heavy atom. The molecular weight excluding hydrogens is 462 g/mol. The summed E-state index contributed by atoms with van der Waals surface area (Å²) in [6.07, 6.45) is 0. The van der Waals surface area contributed by atoms with Crippen molar-refractivity contribution in [3.8, 4) is 0 Å². The molecule has 2 aromatic rings. The molecule has 2 rings (SSSR count). The van der Waals surface area contributed by atoms with Crippen LogP contribution in [0.15, 0.2) is 51.8 Å². The molecule has 0 aliphatic rings. The third-order valence-corrected chi connectivity index (χ3v) is 5.59. The molecule has 0 spiro atoms. The van der Waals surface area contributed by atoms with E-state index in [0.717, 1.165) is 11.0 Å². The molecule has 0 aliphatic carbocycles. The van der Waals surface area contributed by atoms with Gasteiger partial charge in [0.05, 0.1) is 0 Å². The van der Waals surface area contributed by atoms with E-state index in [4.69, 9.17) is 0 Å². The molecule has 0 amide bonds. The molecule has 0 fully saturated rings. The van der Waals surface area contributed by atoms with Crippen molar-refractivity contribution in [2.75, 3.05) is 0 Å². The van der Waals surface area contributed by atoms with Crippen molar-refractivity contribution in [2.45, 2.75) is 16.3 Å². The van der Waals surface area contributed by atoms with Gasteiger partial charge in [0.15, 0.2) is 0 Å². The average molecular weight is 471 g/mol. The first-order valence-electron chi connectivity index (χ1n) is 6.18. The van der Waals surface area contributed by atoms with Crippen LogP contribution in [0.1, 0.15) is 11.1 Å². The van der Waals surface area contributed by atoms with E-state index in [1.54, 1.807) is 12.1 Å². The normalized spacial score (nSPS) is 11.4. The summed E-state index contributed by atoms with van der Waals surface area (Å²) in [6, 6.07) is 9.35. The van der Waals surface area contributed by atoms with Crippen molar-refractivity contribution in [3.63, 3.8) is 0 Å². The topological polar surface area (TPSA) is 63.2 Å². The van der Waals surface area contributed by atoms with Crippen molar-refractivity contribution < 1.29 is 86.6 Å². The summed E-state index contributed by atoms with van der Waals surface area (Å²) in [7, 11) is -6.10. The summed E-state index contributed by atoms with van der Waals surface area (Å²) < 4.78 is 50.5. The SMILES string of the molecule is O=P([O-])([O-])C(F)(F)c1ccc(CSc2ccc(F)cc2)cc1Br.[Na+].[Na+]. The zero-order chi connectivity index (χ0) is 17.3. The zero-order valence-corrected chi connectivity index (χ0v) is 20.6. The molecule has 0 heterocycles. The van der Waals surface area contributed by atoms with Gasteiger partial charge in [0.25, 0.3) is 5.66 Å². The molecule has 0 aromatic heterocycles. The Hall–Kier alpha value is 1.21. The Bertz CT molecular complexity index is 759. The van der Waals surface area contributed by atoms with Gasteiger partial charge in [0.1, 0.15) is 5.82 Å². The zero-order valence-electron chi connectivity index (χ0n) is 13.3. The molecule has 3 nitrogen and oxygen atoms in total. The maximum absolute atomic E-state index is 13.6. The second-order valence-corrected chi connectivity index (χ2v) is 8.06. The van der Waals surface area contributed by atoms with Gasteiger partial charge in [0, 0.05) is 28.3 Å². The Labute approximate surface area is 200 Å². The molecule has 0 N–H and O–H groups in total. The van der Waals surface area contributed by atoms with Crippen LogP contribution in [0, 0.1) is 5.82 Å². The van der Waals surface area contributed by atoms with Crippen LogP contribution in [-0.2, 0) is 16.0 Å². The van der Waals surface area contributed by atoms with Gasteiger partial charge in [-0.2, -0.15) is 8.78 Å². The summed E-state index contributed by atoms with van der Waals surface area (Å²) in [5.74, 6) is 0.0472. The Balaban J connectivity index is 0.00000288. The smallest absolute Gasteiger partial charge is 0.806 e. The number of benzene rings is 2. The first-order valence-corrected chi connectivity index (χ1v) is 9.50. The minimum Gasteiger partial charge on any atom is -0.806 e. The van der Waals surface area contributed by atoms with Gasteiger partial charge in [-0.25, -0.2) is 4.39 Å². The van der Waals surface area contributed by atoms with Gasteiger partial charge in [-0.1, -0.05) is 28.1 Å². The fourth-order valence-electron chi connectivity index (χ4n) is 1.74. The maximum Gasteiger partial charge on any atom is 1.00 e. The quantitative estimate of drug-likeness (QED) is 0.284. The van der Waals surface area contributed by atoms with E-state index in [1.165, 1.54) is 36.0 Å². The predicted octanol–water partition coefficient (Wildman–Crippen LogP) is -2.15. The molecule has 0 atom stereocenters. The molecule has 11 heteroatoms. The molecule has 0 aliphatic heterocycles. The molecule has 0 bridgehead atoms. The molecule has 0 radical (unpaired) electrons. The van der Waals surface area contributed by atoms with Gasteiger partial charge in [-0.05, 0) is 35.9 Å². The van der Waals surface area contributed by atoms with E-state index >= 15 is 0 Å². The van der Waals surface area contributed by atoms with Crippen LogP contribution in [0.25, 0.3) is 0 Å². The number of alkyl halides is 2. The largest absolute Gasteiger partial charge is 1.00 e. The Morgan fingerprint density at radius 1 is 1.08 bits per heavy atom. The van der Waals surface area contributed by atoms with E-state index in [-0.39, 0.29) is 69.4 Å². The van der Waals surface area contributed by atoms with Crippen LogP contribution < -0.4 is 68.9 Å². The molecule has 2 aromatic carbocycles. The predicted molar refractivity (Wildman–Crippen MR) is 81.6 cm³/mol. The van der Waals surface area contributed by atoms with E-state index in [2.05, 4.69) is 15.9 Å². The Kier molecular flexibility index (Phi) is 11.2. The summed E-state index contributed by atoms with van der Waals surface area (Å²) in [5.41, 5.74) is -4.73. The van der Waals surface area contributed by atoms with Crippen LogP contribution >= 0.6 is 35.3 Å². The third-order valence-electron chi connectivity index (χ3n) is 2.92. The number of thioether (sulfide) groups is 1. The van der Waals surface area contributed by atoms with Crippen LogP contribution in [0.3, 0.4) is 0 Å². The fraction of sp³-hybridized carbons (Fsp3) is 0.143. The molecule has 124 valence electrons. The number of hydrogen-bond acceptors (Lipinski definition) is 4. The van der Waals surface area contributed by atoms with E-state index in [1.807, 2.05) is 0 Å². The van der Waals surface area contributed by atoms with Crippen molar-refractivity contribution in [3.05, 3.63) is 63.9 Å². The Morgan fingerprint density at radius 3 is 2.12 bits per heavy atom. The van der Waals surface area contributed by atoms with Gasteiger partial charge in [-0.3, -0.25) is 0 Å². The van der Waals surface area contributed by atoms with Crippen LogP contribution in [0.2, 0.25) is 0 Å². The third kappa shape index (κ3) is 6.95. The van der Waals surface area contributed by atoms with Crippen molar-refractivity contribution in [1.29, 1.82) is 0 Å².